The van der Waals surface area contributed by atoms with Crippen molar-refractivity contribution in [1.82, 2.24) is 0 Å². The summed E-state index contributed by atoms with van der Waals surface area (Å²) in [6.07, 6.45) is 1.06. The van der Waals surface area contributed by atoms with E-state index in [-0.39, 0.29) is 0 Å². The van der Waals surface area contributed by atoms with Crippen molar-refractivity contribution in [2.45, 2.75) is 26.9 Å². The Hall–Kier alpha value is -1.31. The Bertz CT molecular complexity index is 280. The van der Waals surface area contributed by atoms with Gasteiger partial charge in [0.25, 0.3) is 0 Å². The summed E-state index contributed by atoms with van der Waals surface area (Å²) in [6, 6.07) is 10.1. The zero-order valence-electron chi connectivity index (χ0n) is 8.86. The highest BCUT2D eigenvalue weighted by atomic mass is 16.5. The molecule has 0 unspecified atom stereocenters. The monoisotopic (exact) mass is 191 g/mol. The largest absolute Gasteiger partial charge is 0.476 e. The summed E-state index contributed by atoms with van der Waals surface area (Å²) in [7, 11) is 0. The number of ether oxygens (including phenoxy) is 1. The first-order chi connectivity index (χ1) is 6.83. The second kappa shape index (κ2) is 6.19. The van der Waals surface area contributed by atoms with Gasteiger partial charge in [-0.25, -0.2) is 0 Å². The van der Waals surface area contributed by atoms with Crippen LogP contribution in [0.25, 0.3) is 0 Å². The predicted molar refractivity (Wildman–Crippen MR) is 59.5 cm³/mol. The maximum Gasteiger partial charge on any atom is 0.180 e. The number of aliphatic imine (C=N–C) groups is 1. The second-order valence-corrected chi connectivity index (χ2v) is 3.18. The Kier molecular flexibility index (Phi) is 4.76. The fourth-order valence-electron chi connectivity index (χ4n) is 1.08. The fourth-order valence-corrected chi connectivity index (χ4v) is 1.08. The van der Waals surface area contributed by atoms with Gasteiger partial charge in [-0.1, -0.05) is 37.3 Å². The number of hydrogen-bond acceptors (Lipinski definition) is 2. The van der Waals surface area contributed by atoms with Crippen LogP contribution in [0.1, 0.15) is 25.8 Å². The van der Waals surface area contributed by atoms with Crippen LogP contribution in [0.4, 0.5) is 0 Å². The first kappa shape index (κ1) is 10.8. The van der Waals surface area contributed by atoms with Crippen LogP contribution >= 0.6 is 0 Å². The molecule has 1 aromatic carbocycles. The van der Waals surface area contributed by atoms with Gasteiger partial charge in [0.2, 0.25) is 0 Å². The molecule has 0 aliphatic carbocycles. The highest BCUT2D eigenvalue weighted by Gasteiger charge is 1.93. The lowest BCUT2D eigenvalue weighted by Crippen LogP contribution is -2.00. The van der Waals surface area contributed by atoms with Crippen LogP contribution in [0.3, 0.4) is 0 Å². The minimum atomic E-state index is 0.611. The number of benzene rings is 1. The molecule has 0 bridgehead atoms. The minimum absolute atomic E-state index is 0.611. The van der Waals surface area contributed by atoms with Crippen molar-refractivity contribution < 1.29 is 4.74 Å². The Balaban J connectivity index is 2.34. The highest BCUT2D eigenvalue weighted by molar-refractivity contribution is 5.73. The van der Waals surface area contributed by atoms with Crippen molar-refractivity contribution in [3.05, 3.63) is 35.9 Å². The van der Waals surface area contributed by atoms with E-state index in [9.17, 15) is 0 Å². The van der Waals surface area contributed by atoms with Crippen molar-refractivity contribution in [3.8, 4) is 0 Å². The average molecular weight is 191 g/mol. The van der Waals surface area contributed by atoms with E-state index in [2.05, 4.69) is 11.9 Å². The third kappa shape index (κ3) is 4.08. The topological polar surface area (TPSA) is 21.6 Å². The van der Waals surface area contributed by atoms with Crippen LogP contribution < -0.4 is 0 Å². The molecule has 0 heterocycles. The summed E-state index contributed by atoms with van der Waals surface area (Å²) < 4.78 is 5.48. The van der Waals surface area contributed by atoms with Gasteiger partial charge in [-0.05, 0) is 12.0 Å². The van der Waals surface area contributed by atoms with Crippen LogP contribution in [-0.2, 0) is 11.3 Å². The second-order valence-electron chi connectivity index (χ2n) is 3.18. The summed E-state index contributed by atoms with van der Waals surface area (Å²) in [4.78, 5) is 4.25. The molecular weight excluding hydrogens is 174 g/mol. The molecule has 14 heavy (non-hydrogen) atoms. The molecular formula is C12H17NO. The molecule has 0 aromatic heterocycles. The van der Waals surface area contributed by atoms with E-state index in [4.69, 9.17) is 4.74 Å². The highest BCUT2D eigenvalue weighted by Crippen LogP contribution is 2.00. The first-order valence-electron chi connectivity index (χ1n) is 5.00. The smallest absolute Gasteiger partial charge is 0.180 e. The first-order valence-corrected chi connectivity index (χ1v) is 5.00. The van der Waals surface area contributed by atoms with Crippen LogP contribution in [0, 0.1) is 0 Å². The maximum atomic E-state index is 5.48. The zero-order valence-corrected chi connectivity index (χ0v) is 8.86. The number of nitrogens with zero attached hydrogens (tertiary/aromatic N) is 1. The lowest BCUT2D eigenvalue weighted by atomic mass is 10.2. The van der Waals surface area contributed by atoms with Gasteiger partial charge in [0.1, 0.15) is 6.61 Å². The predicted octanol–water partition coefficient (Wildman–Crippen LogP) is 3.03. The Morgan fingerprint density at radius 3 is 2.64 bits per heavy atom. The van der Waals surface area contributed by atoms with Gasteiger partial charge in [0.15, 0.2) is 5.90 Å². The van der Waals surface area contributed by atoms with Crippen molar-refractivity contribution in [3.63, 3.8) is 0 Å². The van der Waals surface area contributed by atoms with Crippen molar-refractivity contribution in [1.29, 1.82) is 0 Å². The third-order valence-corrected chi connectivity index (χ3v) is 1.85. The molecule has 0 N–H and O–H groups in total. The lowest BCUT2D eigenvalue weighted by Gasteiger charge is -2.04. The van der Waals surface area contributed by atoms with Crippen LogP contribution in [0.5, 0.6) is 0 Å². The molecule has 1 aromatic rings. The molecule has 0 aliphatic heterocycles. The summed E-state index contributed by atoms with van der Waals surface area (Å²) >= 11 is 0. The molecule has 0 saturated heterocycles. The van der Waals surface area contributed by atoms with E-state index in [1.54, 1.807) is 0 Å². The summed E-state index contributed by atoms with van der Waals surface area (Å²) in [5, 5.41) is 0. The summed E-state index contributed by atoms with van der Waals surface area (Å²) in [6.45, 7) is 5.47. The molecule has 0 aliphatic rings. The van der Waals surface area contributed by atoms with E-state index in [1.165, 1.54) is 5.56 Å². The summed E-state index contributed by atoms with van der Waals surface area (Å²) in [5.74, 6) is 0.774. The molecule has 0 saturated carbocycles. The van der Waals surface area contributed by atoms with Gasteiger partial charge in [-0.2, -0.15) is 0 Å². The molecule has 0 atom stereocenters. The van der Waals surface area contributed by atoms with Crippen molar-refractivity contribution >= 4 is 5.90 Å². The maximum absolute atomic E-state index is 5.48. The van der Waals surface area contributed by atoms with E-state index in [0.717, 1.165) is 18.9 Å². The van der Waals surface area contributed by atoms with E-state index in [1.807, 2.05) is 37.3 Å². The van der Waals surface area contributed by atoms with Gasteiger partial charge < -0.3 is 4.74 Å². The molecule has 2 heteroatoms. The van der Waals surface area contributed by atoms with Crippen LogP contribution in [0.2, 0.25) is 0 Å². The standard InChI is InChI=1S/C12H17NO/c1-3-9-13-11(2)14-10-12-7-5-4-6-8-12/h4-8H,3,9-10H2,1-2H3. The Morgan fingerprint density at radius 1 is 1.29 bits per heavy atom. The minimum Gasteiger partial charge on any atom is -0.476 e. The molecule has 0 radical (unpaired) electrons. The Labute approximate surface area is 85.6 Å². The van der Waals surface area contributed by atoms with E-state index < -0.39 is 0 Å². The lowest BCUT2D eigenvalue weighted by molar-refractivity contribution is 0.288. The van der Waals surface area contributed by atoms with Gasteiger partial charge in [-0.3, -0.25) is 4.99 Å². The normalized spacial score (nSPS) is 11.4. The fraction of sp³-hybridized carbons (Fsp3) is 0.417. The molecule has 0 fully saturated rings. The molecule has 0 spiro atoms. The van der Waals surface area contributed by atoms with Gasteiger partial charge in [0.05, 0.1) is 0 Å². The van der Waals surface area contributed by atoms with Gasteiger partial charge >= 0.3 is 0 Å². The van der Waals surface area contributed by atoms with Crippen molar-refractivity contribution in [2.24, 2.45) is 4.99 Å². The zero-order chi connectivity index (χ0) is 10.2. The van der Waals surface area contributed by atoms with Gasteiger partial charge in [0, 0.05) is 13.5 Å². The molecule has 1 rings (SSSR count). The Morgan fingerprint density at radius 2 is 2.00 bits per heavy atom. The van der Waals surface area contributed by atoms with Crippen LogP contribution in [0.15, 0.2) is 35.3 Å². The van der Waals surface area contributed by atoms with Crippen LogP contribution in [-0.4, -0.2) is 12.4 Å². The van der Waals surface area contributed by atoms with E-state index >= 15 is 0 Å². The van der Waals surface area contributed by atoms with Gasteiger partial charge in [-0.15, -0.1) is 0 Å². The number of rotatable bonds is 4. The third-order valence-electron chi connectivity index (χ3n) is 1.85. The SMILES string of the molecule is CCCN=C(C)OCc1ccccc1. The average Bonchev–Trinajstić information content (AvgIpc) is 2.25. The number of hydrogen-bond donors (Lipinski definition) is 0. The molecule has 0 amide bonds. The summed E-state index contributed by atoms with van der Waals surface area (Å²) in [5.41, 5.74) is 1.18. The van der Waals surface area contributed by atoms with Crippen molar-refractivity contribution in [2.75, 3.05) is 6.54 Å². The molecule has 76 valence electrons. The molecule has 2 nitrogen and oxygen atoms in total. The van der Waals surface area contributed by atoms with E-state index in [0.29, 0.717) is 6.61 Å². The quantitative estimate of drug-likeness (QED) is 0.529.